The number of nitrogens with one attached hydrogen (secondary N) is 2. The lowest BCUT2D eigenvalue weighted by atomic mass is 9.95. The quantitative estimate of drug-likeness (QED) is 0.762. The summed E-state index contributed by atoms with van der Waals surface area (Å²) in [4.78, 5) is 22.3. The van der Waals surface area contributed by atoms with Crippen molar-refractivity contribution in [1.29, 1.82) is 0 Å². The summed E-state index contributed by atoms with van der Waals surface area (Å²) in [5.74, 6) is -2.68. The molecule has 0 aliphatic heterocycles. The number of carboxylic acid groups (broad SMARTS) is 1. The van der Waals surface area contributed by atoms with Crippen molar-refractivity contribution in [3.63, 3.8) is 0 Å². The molecule has 7 nitrogen and oxygen atoms in total. The minimum absolute atomic E-state index is 0.183. The predicted molar refractivity (Wildman–Crippen MR) is 79.6 cm³/mol. The second-order valence-electron chi connectivity index (χ2n) is 5.54. The number of carbonyl (C=O) groups is 2. The van der Waals surface area contributed by atoms with E-state index in [-0.39, 0.29) is 11.6 Å². The first-order valence-electron chi connectivity index (χ1n) is 6.13. The normalized spacial score (nSPS) is 11.8. The van der Waals surface area contributed by atoms with E-state index in [0.29, 0.717) is 5.69 Å². The molecule has 21 heavy (non-hydrogen) atoms. The third kappa shape index (κ3) is 5.82. The van der Waals surface area contributed by atoms with Gasteiger partial charge in [-0.3, -0.25) is 14.3 Å². The molecule has 0 fully saturated rings. The maximum atomic E-state index is 11.8. The van der Waals surface area contributed by atoms with Crippen molar-refractivity contribution in [3.8, 4) is 0 Å². The van der Waals surface area contributed by atoms with Gasteiger partial charge in [-0.05, 0) is 18.2 Å². The van der Waals surface area contributed by atoms with Crippen molar-refractivity contribution in [2.45, 2.75) is 20.8 Å². The molecule has 8 heteroatoms. The Bertz CT molecular complexity index is 647. The maximum Gasteiger partial charge on any atom is 0.320 e. The van der Waals surface area contributed by atoms with E-state index in [0.717, 1.165) is 0 Å². The number of sulfonamides is 1. The van der Waals surface area contributed by atoms with Crippen LogP contribution in [0.2, 0.25) is 0 Å². The highest BCUT2D eigenvalue weighted by Crippen LogP contribution is 2.20. The molecule has 0 spiro atoms. The second-order valence-corrected chi connectivity index (χ2v) is 7.26. The minimum atomic E-state index is -3.97. The summed E-state index contributed by atoms with van der Waals surface area (Å²) in [6.45, 7) is 5.26. The summed E-state index contributed by atoms with van der Waals surface area (Å²) in [7, 11) is -3.97. The van der Waals surface area contributed by atoms with Gasteiger partial charge >= 0.3 is 5.97 Å². The number of hydrogen-bond donors (Lipinski definition) is 3. The molecule has 0 bridgehead atoms. The van der Waals surface area contributed by atoms with Crippen molar-refractivity contribution in [1.82, 2.24) is 0 Å². The predicted octanol–water partition coefficient (Wildman–Crippen LogP) is 1.50. The van der Waals surface area contributed by atoms with Gasteiger partial charge in [0.1, 0.15) is 0 Å². The smallest absolute Gasteiger partial charge is 0.320 e. The Hall–Kier alpha value is -2.09. The Morgan fingerprint density at radius 2 is 1.76 bits per heavy atom. The fourth-order valence-electron chi connectivity index (χ4n) is 1.36. The van der Waals surface area contributed by atoms with Crippen LogP contribution in [0, 0.1) is 5.41 Å². The van der Waals surface area contributed by atoms with E-state index in [2.05, 4.69) is 10.0 Å². The topological polar surface area (TPSA) is 113 Å². The van der Waals surface area contributed by atoms with Gasteiger partial charge in [-0.2, -0.15) is 0 Å². The molecular weight excluding hydrogens is 296 g/mol. The van der Waals surface area contributed by atoms with Crippen molar-refractivity contribution in [2.24, 2.45) is 5.41 Å². The van der Waals surface area contributed by atoms with Crippen LogP contribution in [0.15, 0.2) is 24.3 Å². The van der Waals surface area contributed by atoms with Crippen LogP contribution in [0.4, 0.5) is 11.4 Å². The SMILES string of the molecule is CC(C)(C)C(=O)Nc1cccc(NS(=O)(=O)CC(=O)O)c1. The Kier molecular flexibility index (Phi) is 4.95. The monoisotopic (exact) mass is 314 g/mol. The van der Waals surface area contributed by atoms with Crippen molar-refractivity contribution >= 4 is 33.3 Å². The molecule has 0 atom stereocenters. The Morgan fingerprint density at radius 3 is 2.29 bits per heavy atom. The Labute approximate surface area is 123 Å². The lowest BCUT2D eigenvalue weighted by Crippen LogP contribution is -2.27. The van der Waals surface area contributed by atoms with Gasteiger partial charge < -0.3 is 10.4 Å². The lowest BCUT2D eigenvalue weighted by molar-refractivity contribution is -0.134. The first-order chi connectivity index (χ1) is 9.49. The summed E-state index contributed by atoms with van der Waals surface area (Å²) >= 11 is 0. The number of anilines is 2. The van der Waals surface area contributed by atoms with Crippen LogP contribution in [0.3, 0.4) is 0 Å². The fraction of sp³-hybridized carbons (Fsp3) is 0.385. The van der Waals surface area contributed by atoms with Gasteiger partial charge in [-0.25, -0.2) is 8.42 Å². The third-order valence-corrected chi connectivity index (χ3v) is 3.56. The zero-order valence-electron chi connectivity index (χ0n) is 12.0. The second kappa shape index (κ2) is 6.13. The van der Waals surface area contributed by atoms with Crippen molar-refractivity contribution < 1.29 is 23.1 Å². The van der Waals surface area contributed by atoms with E-state index >= 15 is 0 Å². The van der Waals surface area contributed by atoms with E-state index < -0.39 is 27.2 Å². The highest BCUT2D eigenvalue weighted by molar-refractivity contribution is 7.93. The Balaban J connectivity index is 2.87. The summed E-state index contributed by atoms with van der Waals surface area (Å²) < 4.78 is 25.2. The molecule has 0 aromatic heterocycles. The summed E-state index contributed by atoms with van der Waals surface area (Å²) in [5.41, 5.74) is 0.0205. The molecule has 0 aliphatic carbocycles. The number of hydrogen-bond acceptors (Lipinski definition) is 4. The number of rotatable bonds is 5. The molecular formula is C13H18N2O5S. The Morgan fingerprint density at radius 1 is 1.19 bits per heavy atom. The summed E-state index contributed by atoms with van der Waals surface area (Å²) in [5, 5.41) is 11.2. The van der Waals surface area contributed by atoms with E-state index in [9.17, 15) is 18.0 Å². The molecule has 3 N–H and O–H groups in total. The number of aliphatic carboxylic acids is 1. The molecule has 1 rings (SSSR count). The van der Waals surface area contributed by atoms with Crippen LogP contribution in [-0.4, -0.2) is 31.2 Å². The van der Waals surface area contributed by atoms with Gasteiger partial charge in [-0.1, -0.05) is 26.8 Å². The zero-order valence-corrected chi connectivity index (χ0v) is 12.8. The van der Waals surface area contributed by atoms with Gasteiger partial charge in [0.15, 0.2) is 5.75 Å². The van der Waals surface area contributed by atoms with Gasteiger partial charge in [0, 0.05) is 11.1 Å². The molecule has 0 heterocycles. The first-order valence-corrected chi connectivity index (χ1v) is 7.79. The molecule has 1 aromatic rings. The van der Waals surface area contributed by atoms with Crippen molar-refractivity contribution in [2.75, 3.05) is 15.8 Å². The molecule has 0 unspecified atom stereocenters. The molecule has 1 amide bonds. The van der Waals surface area contributed by atoms with E-state index in [1.54, 1.807) is 32.9 Å². The standard InChI is InChI=1S/C13H18N2O5S/c1-13(2,3)12(18)14-9-5-4-6-10(7-9)15-21(19,20)8-11(16)17/h4-7,15H,8H2,1-3H3,(H,14,18)(H,16,17). The number of carbonyl (C=O) groups excluding carboxylic acids is 1. The third-order valence-electron chi connectivity index (χ3n) is 2.39. The molecule has 116 valence electrons. The number of benzene rings is 1. The van der Waals surface area contributed by atoms with E-state index in [1.807, 2.05) is 0 Å². The average molecular weight is 314 g/mol. The van der Waals surface area contributed by atoms with Gasteiger partial charge in [0.25, 0.3) is 0 Å². The maximum absolute atomic E-state index is 11.8. The van der Waals surface area contributed by atoms with Crippen LogP contribution in [0.1, 0.15) is 20.8 Å². The highest BCUT2D eigenvalue weighted by Gasteiger charge is 2.21. The summed E-state index contributed by atoms with van der Waals surface area (Å²) in [6, 6.07) is 6.05. The fourth-order valence-corrected chi connectivity index (χ4v) is 2.24. The minimum Gasteiger partial charge on any atom is -0.480 e. The largest absolute Gasteiger partial charge is 0.480 e. The lowest BCUT2D eigenvalue weighted by Gasteiger charge is -2.18. The number of amides is 1. The number of carboxylic acids is 1. The van der Waals surface area contributed by atoms with Crippen LogP contribution < -0.4 is 10.0 Å². The van der Waals surface area contributed by atoms with Gasteiger partial charge in [0.05, 0.1) is 5.69 Å². The van der Waals surface area contributed by atoms with Crippen LogP contribution >= 0.6 is 0 Å². The average Bonchev–Trinajstić information content (AvgIpc) is 2.25. The van der Waals surface area contributed by atoms with Crippen molar-refractivity contribution in [3.05, 3.63) is 24.3 Å². The zero-order chi connectivity index (χ0) is 16.3. The first kappa shape index (κ1) is 17.0. The van der Waals surface area contributed by atoms with Crippen LogP contribution in [0.25, 0.3) is 0 Å². The van der Waals surface area contributed by atoms with Gasteiger partial charge in [0.2, 0.25) is 15.9 Å². The van der Waals surface area contributed by atoms with Gasteiger partial charge in [-0.15, -0.1) is 0 Å². The molecule has 0 radical (unpaired) electrons. The highest BCUT2D eigenvalue weighted by atomic mass is 32.2. The van der Waals surface area contributed by atoms with E-state index in [1.165, 1.54) is 12.1 Å². The van der Waals surface area contributed by atoms with Crippen LogP contribution in [0.5, 0.6) is 0 Å². The molecule has 0 saturated carbocycles. The molecule has 1 aromatic carbocycles. The molecule has 0 saturated heterocycles. The summed E-state index contributed by atoms with van der Waals surface area (Å²) in [6.07, 6.45) is 0. The van der Waals surface area contributed by atoms with E-state index in [4.69, 9.17) is 5.11 Å². The van der Waals surface area contributed by atoms with Crippen LogP contribution in [-0.2, 0) is 19.6 Å². The molecule has 0 aliphatic rings.